The third kappa shape index (κ3) is 3.68. The smallest absolute Gasteiger partial charge is 0.308 e. The van der Waals surface area contributed by atoms with Crippen molar-refractivity contribution in [2.45, 2.75) is 38.3 Å². The molecule has 22 heavy (non-hydrogen) atoms. The second-order valence-corrected chi connectivity index (χ2v) is 6.59. The van der Waals surface area contributed by atoms with Crippen LogP contribution in [0.5, 0.6) is 0 Å². The largest absolute Gasteiger partial charge is 0.481 e. The molecule has 4 heteroatoms. The minimum absolute atomic E-state index is 0.158. The first-order valence-electron chi connectivity index (χ1n) is 8.47. The van der Waals surface area contributed by atoms with E-state index in [1.165, 1.54) is 12.0 Å². The lowest BCUT2D eigenvalue weighted by atomic mass is 9.83. The zero-order chi connectivity index (χ0) is 15.4. The fourth-order valence-corrected chi connectivity index (χ4v) is 3.93. The first-order valence-corrected chi connectivity index (χ1v) is 8.47. The number of carbonyl (C=O) groups is 1. The van der Waals surface area contributed by atoms with E-state index in [-0.39, 0.29) is 12.0 Å². The second-order valence-electron chi connectivity index (χ2n) is 6.59. The van der Waals surface area contributed by atoms with E-state index in [4.69, 9.17) is 0 Å². The zero-order valence-corrected chi connectivity index (χ0v) is 13.2. The summed E-state index contributed by atoms with van der Waals surface area (Å²) >= 11 is 0. The lowest BCUT2D eigenvalue weighted by molar-refractivity contribution is -0.146. The molecule has 1 N–H and O–H groups in total. The van der Waals surface area contributed by atoms with Crippen molar-refractivity contribution in [1.29, 1.82) is 0 Å². The van der Waals surface area contributed by atoms with Crippen molar-refractivity contribution in [2.24, 2.45) is 5.92 Å². The van der Waals surface area contributed by atoms with E-state index in [9.17, 15) is 9.90 Å². The van der Waals surface area contributed by atoms with Crippen LogP contribution in [-0.2, 0) is 11.3 Å². The summed E-state index contributed by atoms with van der Waals surface area (Å²) in [5, 5.41) is 9.45. The SMILES string of the molecule is O=C(O)[C@H]1CCCC[C@@H]1N1CCN(Cc2ccccc2)CC1. The van der Waals surface area contributed by atoms with Gasteiger partial charge in [0, 0.05) is 38.8 Å². The monoisotopic (exact) mass is 302 g/mol. The van der Waals surface area contributed by atoms with Gasteiger partial charge in [0.2, 0.25) is 0 Å². The van der Waals surface area contributed by atoms with Crippen LogP contribution in [0.15, 0.2) is 30.3 Å². The Hall–Kier alpha value is -1.39. The maximum atomic E-state index is 11.5. The number of rotatable bonds is 4. The Morgan fingerprint density at radius 1 is 1.05 bits per heavy atom. The Labute approximate surface area is 132 Å². The van der Waals surface area contributed by atoms with Crippen molar-refractivity contribution in [2.75, 3.05) is 26.2 Å². The first-order chi connectivity index (χ1) is 10.7. The van der Waals surface area contributed by atoms with Gasteiger partial charge in [-0.25, -0.2) is 0 Å². The minimum atomic E-state index is -0.601. The van der Waals surface area contributed by atoms with Gasteiger partial charge in [-0.1, -0.05) is 43.2 Å². The minimum Gasteiger partial charge on any atom is -0.481 e. The summed E-state index contributed by atoms with van der Waals surface area (Å²) in [5.41, 5.74) is 1.36. The number of benzene rings is 1. The number of carboxylic acids is 1. The Morgan fingerprint density at radius 3 is 2.41 bits per heavy atom. The van der Waals surface area contributed by atoms with Crippen LogP contribution < -0.4 is 0 Å². The number of carboxylic acid groups (broad SMARTS) is 1. The Balaban J connectivity index is 1.53. The summed E-state index contributed by atoms with van der Waals surface area (Å²) in [6.45, 7) is 5.08. The maximum Gasteiger partial charge on any atom is 0.308 e. The Morgan fingerprint density at radius 2 is 1.73 bits per heavy atom. The Kier molecular flexibility index (Phi) is 5.11. The number of hydrogen-bond acceptors (Lipinski definition) is 3. The van der Waals surface area contributed by atoms with Crippen molar-refractivity contribution in [3.8, 4) is 0 Å². The molecular weight excluding hydrogens is 276 g/mol. The zero-order valence-electron chi connectivity index (χ0n) is 13.2. The summed E-state index contributed by atoms with van der Waals surface area (Å²) < 4.78 is 0. The fourth-order valence-electron chi connectivity index (χ4n) is 3.93. The van der Waals surface area contributed by atoms with Crippen LogP contribution in [0.25, 0.3) is 0 Å². The standard InChI is InChI=1S/C18H26N2O2/c21-18(22)16-8-4-5-9-17(16)20-12-10-19(11-13-20)14-15-6-2-1-3-7-15/h1-3,6-7,16-17H,4-5,8-14H2,(H,21,22)/t16-,17-/m0/s1. The molecule has 0 amide bonds. The predicted octanol–water partition coefficient (Wildman–Crippen LogP) is 2.45. The molecular formula is C18H26N2O2. The van der Waals surface area contributed by atoms with E-state index < -0.39 is 5.97 Å². The third-order valence-corrected chi connectivity index (χ3v) is 5.17. The summed E-state index contributed by atoms with van der Waals surface area (Å²) in [7, 11) is 0. The van der Waals surface area contributed by atoms with Crippen LogP contribution >= 0.6 is 0 Å². The highest BCUT2D eigenvalue weighted by molar-refractivity contribution is 5.71. The number of aliphatic carboxylic acids is 1. The topological polar surface area (TPSA) is 43.8 Å². The molecule has 1 aliphatic carbocycles. The van der Waals surface area contributed by atoms with Crippen molar-refractivity contribution in [3.63, 3.8) is 0 Å². The predicted molar refractivity (Wildman–Crippen MR) is 86.7 cm³/mol. The van der Waals surface area contributed by atoms with Gasteiger partial charge in [-0.15, -0.1) is 0 Å². The van der Waals surface area contributed by atoms with Gasteiger partial charge in [-0.3, -0.25) is 14.6 Å². The van der Waals surface area contributed by atoms with Crippen LogP contribution in [0.4, 0.5) is 0 Å². The van der Waals surface area contributed by atoms with Gasteiger partial charge < -0.3 is 5.11 Å². The molecule has 0 spiro atoms. The lowest BCUT2D eigenvalue weighted by Gasteiger charge is -2.43. The van der Waals surface area contributed by atoms with Gasteiger partial charge in [0.15, 0.2) is 0 Å². The average molecular weight is 302 g/mol. The van der Waals surface area contributed by atoms with Gasteiger partial charge in [-0.05, 0) is 18.4 Å². The molecule has 3 rings (SSSR count). The van der Waals surface area contributed by atoms with Crippen LogP contribution in [0.3, 0.4) is 0 Å². The third-order valence-electron chi connectivity index (χ3n) is 5.17. The summed E-state index contributed by atoms with van der Waals surface area (Å²) in [6, 6.07) is 10.8. The molecule has 1 aromatic carbocycles. The summed E-state index contributed by atoms with van der Waals surface area (Å²) in [5.74, 6) is -0.758. The number of nitrogens with zero attached hydrogens (tertiary/aromatic N) is 2. The van der Waals surface area contributed by atoms with E-state index in [0.717, 1.165) is 52.0 Å². The number of piperazine rings is 1. The quantitative estimate of drug-likeness (QED) is 0.928. The van der Waals surface area contributed by atoms with Crippen molar-refractivity contribution < 1.29 is 9.90 Å². The molecule has 120 valence electrons. The molecule has 1 aliphatic heterocycles. The molecule has 1 saturated carbocycles. The fraction of sp³-hybridized carbons (Fsp3) is 0.611. The molecule has 2 atom stereocenters. The van der Waals surface area contributed by atoms with Crippen molar-refractivity contribution in [3.05, 3.63) is 35.9 Å². The van der Waals surface area contributed by atoms with Crippen LogP contribution in [0, 0.1) is 5.92 Å². The molecule has 0 bridgehead atoms. The molecule has 2 fully saturated rings. The molecule has 0 radical (unpaired) electrons. The summed E-state index contributed by atoms with van der Waals surface area (Å²) in [4.78, 5) is 16.4. The summed E-state index contributed by atoms with van der Waals surface area (Å²) in [6.07, 6.45) is 4.15. The van der Waals surface area contributed by atoms with E-state index >= 15 is 0 Å². The van der Waals surface area contributed by atoms with E-state index in [1.54, 1.807) is 0 Å². The molecule has 0 aromatic heterocycles. The van der Waals surface area contributed by atoms with E-state index in [1.807, 2.05) is 0 Å². The van der Waals surface area contributed by atoms with E-state index in [0.29, 0.717) is 0 Å². The number of hydrogen-bond donors (Lipinski definition) is 1. The average Bonchev–Trinajstić information content (AvgIpc) is 2.56. The molecule has 0 unspecified atom stereocenters. The highest BCUT2D eigenvalue weighted by atomic mass is 16.4. The second kappa shape index (κ2) is 7.25. The van der Waals surface area contributed by atoms with Crippen molar-refractivity contribution in [1.82, 2.24) is 9.80 Å². The molecule has 1 saturated heterocycles. The molecule has 1 aromatic rings. The lowest BCUT2D eigenvalue weighted by Crippen LogP contribution is -2.53. The molecule has 2 aliphatic rings. The molecule has 4 nitrogen and oxygen atoms in total. The van der Waals surface area contributed by atoms with Gasteiger partial charge in [0.25, 0.3) is 0 Å². The normalized spacial score (nSPS) is 27.6. The van der Waals surface area contributed by atoms with Crippen LogP contribution in [0.2, 0.25) is 0 Å². The van der Waals surface area contributed by atoms with Crippen LogP contribution in [0.1, 0.15) is 31.2 Å². The first kappa shape index (κ1) is 15.5. The van der Waals surface area contributed by atoms with E-state index in [2.05, 4.69) is 40.1 Å². The highest BCUT2D eigenvalue weighted by Crippen LogP contribution is 2.29. The van der Waals surface area contributed by atoms with Gasteiger partial charge in [0.05, 0.1) is 5.92 Å². The van der Waals surface area contributed by atoms with Gasteiger partial charge in [0.1, 0.15) is 0 Å². The maximum absolute atomic E-state index is 11.5. The van der Waals surface area contributed by atoms with Gasteiger partial charge in [-0.2, -0.15) is 0 Å². The van der Waals surface area contributed by atoms with Crippen LogP contribution in [-0.4, -0.2) is 53.1 Å². The van der Waals surface area contributed by atoms with Crippen molar-refractivity contribution >= 4 is 5.97 Å². The Bertz CT molecular complexity index is 483. The highest BCUT2D eigenvalue weighted by Gasteiger charge is 2.35. The van der Waals surface area contributed by atoms with Gasteiger partial charge >= 0.3 is 5.97 Å². The molecule has 1 heterocycles.